The molecule has 0 saturated carbocycles. The molecule has 0 atom stereocenters. The summed E-state index contributed by atoms with van der Waals surface area (Å²) in [7, 11) is 3.11. The largest absolute Gasteiger partial charge is 0.377 e. The van der Waals surface area contributed by atoms with Crippen molar-refractivity contribution in [2.75, 3.05) is 26.0 Å². The van der Waals surface area contributed by atoms with Crippen molar-refractivity contribution in [3.63, 3.8) is 0 Å². The van der Waals surface area contributed by atoms with E-state index in [4.69, 9.17) is 16.3 Å². The van der Waals surface area contributed by atoms with Crippen molar-refractivity contribution in [1.82, 2.24) is 15.3 Å². The van der Waals surface area contributed by atoms with Gasteiger partial charge in [-0.25, -0.2) is 9.97 Å². The summed E-state index contributed by atoms with van der Waals surface area (Å²) >= 11 is 5.79. The Morgan fingerprint density at radius 1 is 1.56 bits per heavy atom. The van der Waals surface area contributed by atoms with Crippen molar-refractivity contribution in [3.05, 3.63) is 17.0 Å². The van der Waals surface area contributed by atoms with Crippen LogP contribution in [0.4, 0.5) is 5.82 Å². The lowest BCUT2D eigenvalue weighted by molar-refractivity contribution is -0.118. The van der Waals surface area contributed by atoms with Gasteiger partial charge in [-0.15, -0.1) is 0 Å². The van der Waals surface area contributed by atoms with Crippen molar-refractivity contribution < 1.29 is 9.53 Å². The first-order valence-corrected chi connectivity index (χ1v) is 5.00. The molecule has 0 fully saturated rings. The van der Waals surface area contributed by atoms with Crippen LogP contribution in [0.5, 0.6) is 0 Å². The molecule has 0 saturated heterocycles. The maximum absolute atomic E-state index is 11.0. The molecule has 16 heavy (non-hydrogen) atoms. The number of methoxy groups -OCH3 is 1. The van der Waals surface area contributed by atoms with Crippen LogP contribution in [0.25, 0.3) is 0 Å². The second kappa shape index (κ2) is 6.24. The fourth-order valence-corrected chi connectivity index (χ4v) is 1.21. The molecule has 7 heteroatoms. The molecule has 1 rings (SSSR count). The number of ether oxygens (including phenoxy) is 1. The van der Waals surface area contributed by atoms with E-state index in [-0.39, 0.29) is 19.1 Å². The summed E-state index contributed by atoms with van der Waals surface area (Å²) in [6, 6.07) is 1.55. The Morgan fingerprint density at radius 3 is 2.94 bits per heavy atom. The van der Waals surface area contributed by atoms with Crippen LogP contribution in [-0.4, -0.2) is 36.6 Å². The van der Waals surface area contributed by atoms with E-state index in [1.54, 1.807) is 20.2 Å². The Balaban J connectivity index is 2.68. The van der Waals surface area contributed by atoms with Crippen LogP contribution in [-0.2, 0) is 16.1 Å². The second-order valence-corrected chi connectivity index (χ2v) is 3.34. The summed E-state index contributed by atoms with van der Waals surface area (Å²) in [6.45, 7) is 0.408. The number of halogens is 1. The van der Waals surface area contributed by atoms with E-state index in [2.05, 4.69) is 20.6 Å². The van der Waals surface area contributed by atoms with Gasteiger partial charge in [-0.1, -0.05) is 11.6 Å². The number of aromatic nitrogens is 2. The van der Waals surface area contributed by atoms with Gasteiger partial charge in [0.15, 0.2) is 5.82 Å². The Kier molecular flexibility index (Phi) is 4.94. The maximum Gasteiger partial charge on any atom is 0.239 e. The zero-order valence-electron chi connectivity index (χ0n) is 9.08. The van der Waals surface area contributed by atoms with Gasteiger partial charge in [-0.2, -0.15) is 0 Å². The summed E-state index contributed by atoms with van der Waals surface area (Å²) in [4.78, 5) is 19.1. The van der Waals surface area contributed by atoms with Crippen LogP contribution >= 0.6 is 11.6 Å². The molecular weight excluding hydrogens is 232 g/mol. The first-order chi connectivity index (χ1) is 7.65. The lowest BCUT2D eigenvalue weighted by Crippen LogP contribution is -2.26. The van der Waals surface area contributed by atoms with Crippen LogP contribution in [0.1, 0.15) is 5.82 Å². The zero-order chi connectivity index (χ0) is 12.0. The molecule has 1 amide bonds. The highest BCUT2D eigenvalue weighted by atomic mass is 35.5. The highest BCUT2D eigenvalue weighted by Gasteiger charge is 2.04. The second-order valence-electron chi connectivity index (χ2n) is 2.95. The van der Waals surface area contributed by atoms with E-state index in [1.165, 1.54) is 0 Å². The molecule has 1 heterocycles. The van der Waals surface area contributed by atoms with Gasteiger partial charge >= 0.3 is 0 Å². The number of amides is 1. The number of hydrogen-bond donors (Lipinski definition) is 2. The van der Waals surface area contributed by atoms with Crippen molar-refractivity contribution in [3.8, 4) is 0 Å². The summed E-state index contributed by atoms with van der Waals surface area (Å²) in [5.74, 6) is 0.827. The normalized spacial score (nSPS) is 9.94. The Morgan fingerprint density at radius 2 is 2.31 bits per heavy atom. The predicted octanol–water partition coefficient (Wildman–Crippen LogP) is 0.434. The summed E-state index contributed by atoms with van der Waals surface area (Å²) in [5.41, 5.74) is 0. The van der Waals surface area contributed by atoms with Crippen molar-refractivity contribution in [2.24, 2.45) is 0 Å². The van der Waals surface area contributed by atoms with Crippen LogP contribution in [0, 0.1) is 0 Å². The van der Waals surface area contributed by atoms with Gasteiger partial charge in [0.1, 0.15) is 17.6 Å². The number of rotatable bonds is 5. The van der Waals surface area contributed by atoms with Gasteiger partial charge in [0.05, 0.1) is 6.54 Å². The molecule has 1 aromatic rings. The van der Waals surface area contributed by atoms with Crippen molar-refractivity contribution in [2.45, 2.75) is 6.61 Å². The molecule has 0 aliphatic rings. The highest BCUT2D eigenvalue weighted by Crippen LogP contribution is 2.11. The molecule has 6 nitrogen and oxygen atoms in total. The highest BCUT2D eigenvalue weighted by molar-refractivity contribution is 6.29. The molecule has 0 aliphatic carbocycles. The van der Waals surface area contributed by atoms with E-state index in [9.17, 15) is 4.79 Å². The minimum atomic E-state index is -0.136. The van der Waals surface area contributed by atoms with E-state index >= 15 is 0 Å². The molecular formula is C9H13ClN4O2. The van der Waals surface area contributed by atoms with Crippen molar-refractivity contribution in [1.29, 1.82) is 0 Å². The van der Waals surface area contributed by atoms with Crippen LogP contribution < -0.4 is 10.6 Å². The zero-order valence-corrected chi connectivity index (χ0v) is 9.84. The molecule has 0 radical (unpaired) electrons. The fraction of sp³-hybridized carbons (Fsp3) is 0.444. The number of nitrogens with zero attached hydrogens (tertiary/aromatic N) is 2. The Bertz CT molecular complexity index is 373. The predicted molar refractivity (Wildman–Crippen MR) is 60.3 cm³/mol. The third kappa shape index (κ3) is 4.00. The van der Waals surface area contributed by atoms with Gasteiger partial charge < -0.3 is 15.4 Å². The topological polar surface area (TPSA) is 76.1 Å². The smallest absolute Gasteiger partial charge is 0.239 e. The van der Waals surface area contributed by atoms with Gasteiger partial charge in [0, 0.05) is 20.2 Å². The standard InChI is InChI=1S/C9H13ClN4O2/c1-11-9(15)4-12-7-3-6(10)13-8(14-7)5-16-2/h3H,4-5H2,1-2H3,(H,11,15)(H,12,13,14). The van der Waals surface area contributed by atoms with Gasteiger partial charge in [-0.3, -0.25) is 4.79 Å². The minimum absolute atomic E-state index is 0.135. The minimum Gasteiger partial charge on any atom is -0.377 e. The van der Waals surface area contributed by atoms with Gasteiger partial charge in [-0.05, 0) is 0 Å². The van der Waals surface area contributed by atoms with Crippen LogP contribution in [0.15, 0.2) is 6.07 Å². The Labute approximate surface area is 98.4 Å². The first-order valence-electron chi connectivity index (χ1n) is 4.62. The number of nitrogens with one attached hydrogen (secondary N) is 2. The summed E-state index contributed by atoms with van der Waals surface area (Å²) in [6.07, 6.45) is 0. The van der Waals surface area contributed by atoms with E-state index in [1.807, 2.05) is 0 Å². The molecule has 1 aromatic heterocycles. The third-order valence-electron chi connectivity index (χ3n) is 1.72. The summed E-state index contributed by atoms with van der Waals surface area (Å²) < 4.78 is 4.89. The molecule has 0 bridgehead atoms. The maximum atomic E-state index is 11.0. The lowest BCUT2D eigenvalue weighted by atomic mass is 10.5. The summed E-state index contributed by atoms with van der Waals surface area (Å²) in [5, 5.41) is 5.63. The van der Waals surface area contributed by atoms with Crippen LogP contribution in [0.2, 0.25) is 5.15 Å². The third-order valence-corrected chi connectivity index (χ3v) is 1.92. The molecule has 0 spiro atoms. The van der Waals surface area contributed by atoms with E-state index in [0.29, 0.717) is 16.8 Å². The number of likely N-dealkylation sites (N-methyl/N-ethyl adjacent to an activating group) is 1. The first kappa shape index (κ1) is 12.7. The number of anilines is 1. The average Bonchev–Trinajstić information content (AvgIpc) is 2.25. The average molecular weight is 245 g/mol. The van der Waals surface area contributed by atoms with Crippen molar-refractivity contribution >= 4 is 23.3 Å². The molecule has 88 valence electrons. The number of hydrogen-bond acceptors (Lipinski definition) is 5. The fourth-order valence-electron chi connectivity index (χ4n) is 1.01. The van der Waals surface area contributed by atoms with E-state index in [0.717, 1.165) is 0 Å². The number of carbonyl (C=O) groups is 1. The van der Waals surface area contributed by atoms with Gasteiger partial charge in [0.2, 0.25) is 5.91 Å². The molecule has 0 aliphatic heterocycles. The Hall–Kier alpha value is -1.40. The molecule has 0 aromatic carbocycles. The quantitative estimate of drug-likeness (QED) is 0.735. The molecule has 0 unspecified atom stereocenters. The lowest BCUT2D eigenvalue weighted by Gasteiger charge is -2.06. The monoisotopic (exact) mass is 244 g/mol. The molecule has 2 N–H and O–H groups in total. The number of carbonyl (C=O) groups excluding carboxylic acids is 1. The van der Waals surface area contributed by atoms with E-state index < -0.39 is 0 Å². The van der Waals surface area contributed by atoms with Gasteiger partial charge in [0.25, 0.3) is 0 Å². The van der Waals surface area contributed by atoms with Crippen LogP contribution in [0.3, 0.4) is 0 Å². The SMILES string of the molecule is CNC(=O)CNc1cc(Cl)nc(COC)n1.